The topological polar surface area (TPSA) is 118 Å². The van der Waals surface area contributed by atoms with Crippen LogP contribution in [0.4, 0.5) is 13.2 Å². The first kappa shape index (κ1) is 39.3. The quantitative estimate of drug-likeness (QED) is 0.0755. The minimum absolute atomic E-state index is 0.00542. The first-order valence-corrected chi connectivity index (χ1v) is 18.0. The molecule has 0 spiro atoms. The molecule has 1 amide bonds. The Morgan fingerprint density at radius 1 is 0.891 bits per heavy atom. The number of alkyl halides is 3. The summed E-state index contributed by atoms with van der Waals surface area (Å²) in [7, 11) is -4.40. The number of nitrogens with zero attached hydrogens (tertiary/aromatic N) is 1. The van der Waals surface area contributed by atoms with E-state index >= 15 is 0 Å². The van der Waals surface area contributed by atoms with Crippen molar-refractivity contribution in [1.29, 1.82) is 0 Å². The fraction of sp³-hybridized carbons (Fsp3) is 0.588. The van der Waals surface area contributed by atoms with Gasteiger partial charge in [-0.1, -0.05) is 102 Å². The van der Waals surface area contributed by atoms with Crippen LogP contribution in [0.2, 0.25) is 0 Å². The summed E-state index contributed by atoms with van der Waals surface area (Å²) in [5, 5.41) is 2.88. The summed E-state index contributed by atoms with van der Waals surface area (Å²) in [5.74, 6) is 1.16. The van der Waals surface area contributed by atoms with Crippen molar-refractivity contribution in [2.24, 2.45) is 0 Å². The van der Waals surface area contributed by atoms with Gasteiger partial charge in [0.25, 0.3) is 0 Å². The molecule has 0 aliphatic heterocycles. The third-order valence-corrected chi connectivity index (χ3v) is 7.88. The van der Waals surface area contributed by atoms with Gasteiger partial charge >= 0.3 is 13.8 Å². The van der Waals surface area contributed by atoms with Crippen LogP contribution in [0.25, 0.3) is 0 Å². The number of carbonyl (C=O) groups excluding carboxylic acids is 1. The molecule has 12 heteroatoms. The van der Waals surface area contributed by atoms with Crippen molar-refractivity contribution in [2.75, 3.05) is 6.61 Å². The van der Waals surface area contributed by atoms with Crippen molar-refractivity contribution in [2.45, 2.75) is 122 Å². The number of halogens is 3. The number of hydrogen-bond donors (Lipinski definition) is 3. The second-order valence-corrected chi connectivity index (χ2v) is 13.1. The van der Waals surface area contributed by atoms with Gasteiger partial charge in [0.05, 0.1) is 11.7 Å². The standard InChI is InChI=1S/C34H50F3N2O6P/c1-2-3-4-5-6-7-8-9-10-11-12-13-14-15-33(40)39-29(21-23-46(41,42)43)24-28-16-18-31(19-17-28)44-26-30-25-32(20-22-38-30)45-27-34(35,36)37/h16-23,25,29H,2-15,24,26-27H2,1H3,(H,39,40)(H2,41,42,43)/t29-/m1/s1. The van der Waals surface area contributed by atoms with Crippen molar-refractivity contribution >= 4 is 13.5 Å². The van der Waals surface area contributed by atoms with Gasteiger partial charge in [-0.3, -0.25) is 14.3 Å². The summed E-state index contributed by atoms with van der Waals surface area (Å²) in [6, 6.07) is 9.01. The predicted molar refractivity (Wildman–Crippen MR) is 174 cm³/mol. The molecule has 258 valence electrons. The van der Waals surface area contributed by atoms with E-state index in [1.807, 2.05) is 0 Å². The second kappa shape index (κ2) is 21.8. The lowest BCUT2D eigenvalue weighted by atomic mass is 10.0. The average molecular weight is 671 g/mol. The molecule has 1 aromatic carbocycles. The molecule has 0 unspecified atom stereocenters. The fourth-order valence-electron chi connectivity index (χ4n) is 4.89. The number of carbonyl (C=O) groups is 1. The molecule has 0 saturated heterocycles. The normalized spacial score (nSPS) is 12.7. The second-order valence-electron chi connectivity index (χ2n) is 11.6. The van der Waals surface area contributed by atoms with Crippen molar-refractivity contribution in [3.63, 3.8) is 0 Å². The van der Waals surface area contributed by atoms with Gasteiger partial charge in [0, 0.05) is 24.5 Å². The van der Waals surface area contributed by atoms with Gasteiger partial charge in [0.2, 0.25) is 5.91 Å². The molecule has 0 aliphatic carbocycles. The van der Waals surface area contributed by atoms with Gasteiger partial charge in [0.1, 0.15) is 18.1 Å². The lowest BCUT2D eigenvalue weighted by molar-refractivity contribution is -0.153. The summed E-state index contributed by atoms with van der Waals surface area (Å²) in [5.41, 5.74) is 1.19. The molecular formula is C34H50F3N2O6P. The Bertz CT molecular complexity index is 1200. The van der Waals surface area contributed by atoms with Crippen LogP contribution in [0, 0.1) is 0 Å². The van der Waals surface area contributed by atoms with E-state index in [1.165, 1.54) is 88.6 Å². The predicted octanol–water partition coefficient (Wildman–Crippen LogP) is 8.80. The number of unbranched alkanes of at least 4 members (excludes halogenated alkanes) is 12. The first-order chi connectivity index (χ1) is 21.9. The van der Waals surface area contributed by atoms with E-state index in [0.717, 1.165) is 30.6 Å². The number of benzene rings is 1. The number of nitrogens with one attached hydrogen (secondary N) is 1. The highest BCUT2D eigenvalue weighted by atomic mass is 31.2. The summed E-state index contributed by atoms with van der Waals surface area (Å²) < 4.78 is 59.1. The van der Waals surface area contributed by atoms with Crippen molar-refractivity contribution in [1.82, 2.24) is 10.3 Å². The van der Waals surface area contributed by atoms with E-state index in [1.54, 1.807) is 24.3 Å². The summed E-state index contributed by atoms with van der Waals surface area (Å²) in [6.45, 7) is 0.839. The Hall–Kier alpha value is -2.88. The highest BCUT2D eigenvalue weighted by Gasteiger charge is 2.28. The van der Waals surface area contributed by atoms with Crippen LogP contribution in [-0.2, 0) is 22.4 Å². The Balaban J connectivity index is 1.75. The third-order valence-electron chi connectivity index (χ3n) is 7.32. The molecule has 0 saturated carbocycles. The van der Waals surface area contributed by atoms with Crippen LogP contribution in [0.15, 0.2) is 54.5 Å². The molecular weight excluding hydrogens is 620 g/mol. The van der Waals surface area contributed by atoms with Gasteiger partial charge in [0.15, 0.2) is 6.61 Å². The van der Waals surface area contributed by atoms with Crippen LogP contribution >= 0.6 is 7.60 Å². The Morgan fingerprint density at radius 2 is 1.48 bits per heavy atom. The number of amides is 1. The average Bonchev–Trinajstić information content (AvgIpc) is 3.00. The zero-order valence-electron chi connectivity index (χ0n) is 26.9. The first-order valence-electron chi connectivity index (χ1n) is 16.3. The molecule has 1 aromatic heterocycles. The summed E-state index contributed by atoms with van der Waals surface area (Å²) >= 11 is 0. The maximum atomic E-state index is 12.6. The van der Waals surface area contributed by atoms with E-state index in [4.69, 9.17) is 9.47 Å². The Morgan fingerprint density at radius 3 is 2.04 bits per heavy atom. The Labute approximate surface area is 271 Å². The molecule has 3 N–H and O–H groups in total. The number of aromatic nitrogens is 1. The number of hydrogen-bond acceptors (Lipinski definition) is 5. The summed E-state index contributed by atoms with van der Waals surface area (Å²) in [6.07, 6.45) is 14.6. The van der Waals surface area contributed by atoms with E-state index in [0.29, 0.717) is 24.3 Å². The van der Waals surface area contributed by atoms with Crippen LogP contribution < -0.4 is 14.8 Å². The van der Waals surface area contributed by atoms with Crippen LogP contribution in [0.1, 0.15) is 108 Å². The zero-order chi connectivity index (χ0) is 33.7. The number of rotatable bonds is 24. The van der Waals surface area contributed by atoms with E-state index in [-0.39, 0.29) is 18.3 Å². The number of pyridine rings is 1. The van der Waals surface area contributed by atoms with E-state index < -0.39 is 26.4 Å². The summed E-state index contributed by atoms with van der Waals surface area (Å²) in [4.78, 5) is 35.3. The lowest BCUT2D eigenvalue weighted by Crippen LogP contribution is -2.34. The maximum Gasteiger partial charge on any atom is 0.422 e. The van der Waals surface area contributed by atoms with E-state index in [2.05, 4.69) is 17.2 Å². The van der Waals surface area contributed by atoms with Crippen LogP contribution in [-0.4, -0.2) is 39.5 Å². The highest BCUT2D eigenvalue weighted by Crippen LogP contribution is 2.36. The largest absolute Gasteiger partial charge is 0.487 e. The van der Waals surface area contributed by atoms with Crippen molar-refractivity contribution in [3.8, 4) is 11.5 Å². The van der Waals surface area contributed by atoms with Crippen LogP contribution in [0.3, 0.4) is 0 Å². The third kappa shape index (κ3) is 20.3. The Kier molecular flexibility index (Phi) is 18.6. The molecule has 0 bridgehead atoms. The molecule has 2 aromatic rings. The SMILES string of the molecule is CCCCCCCCCCCCCCCC(=O)N[C@H](C=CP(=O)(O)O)Cc1ccc(OCc2cc(OCC(F)(F)F)ccn2)cc1. The smallest absolute Gasteiger partial charge is 0.422 e. The molecule has 46 heavy (non-hydrogen) atoms. The van der Waals surface area contributed by atoms with Crippen molar-refractivity contribution < 1.29 is 41.8 Å². The highest BCUT2D eigenvalue weighted by molar-refractivity contribution is 7.55. The molecule has 0 aliphatic rings. The van der Waals surface area contributed by atoms with Crippen LogP contribution in [0.5, 0.6) is 11.5 Å². The molecule has 2 rings (SSSR count). The fourth-order valence-corrected chi connectivity index (χ4v) is 5.32. The van der Waals surface area contributed by atoms with Crippen molar-refractivity contribution in [3.05, 3.63) is 65.7 Å². The molecule has 1 atom stereocenters. The molecule has 0 fully saturated rings. The van der Waals surface area contributed by atoms with Gasteiger partial charge in [-0.15, -0.1) is 0 Å². The van der Waals surface area contributed by atoms with Gasteiger partial charge in [-0.05, 0) is 36.6 Å². The van der Waals surface area contributed by atoms with Gasteiger partial charge in [-0.25, -0.2) is 0 Å². The molecule has 8 nitrogen and oxygen atoms in total. The minimum Gasteiger partial charge on any atom is -0.487 e. The maximum absolute atomic E-state index is 12.6. The zero-order valence-corrected chi connectivity index (χ0v) is 27.7. The monoisotopic (exact) mass is 670 g/mol. The van der Waals surface area contributed by atoms with Gasteiger partial charge in [-0.2, -0.15) is 13.2 Å². The molecule has 1 heterocycles. The molecule has 0 radical (unpaired) electrons. The minimum atomic E-state index is -4.44. The number of ether oxygens (including phenoxy) is 2. The lowest BCUT2D eigenvalue weighted by Gasteiger charge is -2.16. The van der Waals surface area contributed by atoms with E-state index in [9.17, 15) is 32.3 Å². The van der Waals surface area contributed by atoms with Gasteiger partial charge < -0.3 is 24.6 Å².